The van der Waals surface area contributed by atoms with E-state index in [1.165, 1.54) is 62.9 Å². The fourth-order valence-electron chi connectivity index (χ4n) is 14.3. The summed E-state index contributed by atoms with van der Waals surface area (Å²) in [6.07, 6.45) is 10.0. The molecule has 7 heteroatoms. The maximum absolute atomic E-state index is 11.1. The molecule has 2 unspecified atom stereocenters. The quantitative estimate of drug-likeness (QED) is 0.0323. The van der Waals surface area contributed by atoms with Crippen LogP contribution in [0.1, 0.15) is 208 Å². The number of aryl methyl sites for hydroxylation is 5. The van der Waals surface area contributed by atoms with Gasteiger partial charge in [0.15, 0.2) is 0 Å². The Hall–Kier alpha value is -9.20. The summed E-state index contributed by atoms with van der Waals surface area (Å²) in [6.45, 7) is 39.6. The summed E-state index contributed by atoms with van der Waals surface area (Å²) in [4.78, 5) is 0. The van der Waals surface area contributed by atoms with Crippen molar-refractivity contribution in [1.82, 2.24) is 0 Å². The van der Waals surface area contributed by atoms with Crippen molar-refractivity contribution in [3.05, 3.63) is 290 Å². The number of hydrogen-bond donors (Lipinski definition) is 7. The molecule has 102 heavy (non-hydrogen) atoms. The molecule has 0 spiro atoms. The number of benzene rings is 10. The molecule has 0 aliphatic rings. The van der Waals surface area contributed by atoms with E-state index < -0.39 is 0 Å². The van der Waals surface area contributed by atoms with Gasteiger partial charge >= 0.3 is 0 Å². The Morgan fingerprint density at radius 1 is 0.284 bits per heavy atom. The average molecular weight is 1360 g/mol. The molecule has 0 fully saturated rings. The number of hydrogen-bond acceptors (Lipinski definition) is 7. The molecule has 0 radical (unpaired) electrons. The highest BCUT2D eigenvalue weighted by atomic mass is 16.3. The maximum atomic E-state index is 11.1. The second-order valence-electron chi connectivity index (χ2n) is 34.8. The lowest BCUT2D eigenvalue weighted by Gasteiger charge is -2.28. The van der Waals surface area contributed by atoms with Gasteiger partial charge < -0.3 is 36.6 Å². The molecule has 2 atom stereocenters. The first-order chi connectivity index (χ1) is 48.0. The zero-order valence-electron chi connectivity index (χ0n) is 64.8. The lowest BCUT2D eigenvalue weighted by Crippen LogP contribution is -2.18. The maximum Gasteiger partial charge on any atom is 0.126 e. The standard InChI is InChI=1S/C49H62N2O.C46H56N2O2/c1-34(33-47(2,3)4)29-36-12-14-37(15-13-36)30-38-19-23-41(24-20-38)51-43-27-25-42(26-28-43)50-40-21-17-35(18-22-40)11-16-39-31-44(48(5,6)7)46(52)45(32-39)49(8,9)10;1-31(30-45(3,4)5)27-34-9-11-35(12-10-34)29-36-16-21-39(22-17-36)48-41-25-23-40(24-26-41)47-38-19-14-33(15-20-38)13-18-37-28-32(2)43(49)42(44(37)50)46(6,7)8/h12-15,17-28,31-32,34,50-52H,11,16,29-30,33H2,1-10H3;9-12,14-17,19-26,28,31,47-50H,13,18,27,29-30H2,1-8H3. The van der Waals surface area contributed by atoms with Gasteiger partial charge in [0.05, 0.1) is 0 Å². The van der Waals surface area contributed by atoms with Crippen molar-refractivity contribution in [3.8, 4) is 17.2 Å². The molecule has 0 amide bonds. The molecule has 0 saturated carbocycles. The summed E-state index contributed by atoms with van der Waals surface area (Å²) in [6, 6.07) is 76.1. The predicted octanol–water partition coefficient (Wildman–Crippen LogP) is 25.6. The van der Waals surface area contributed by atoms with Gasteiger partial charge in [0.2, 0.25) is 0 Å². The molecule has 0 saturated heterocycles. The van der Waals surface area contributed by atoms with E-state index in [1.807, 2.05) is 33.8 Å². The summed E-state index contributed by atoms with van der Waals surface area (Å²) in [5, 5.41) is 46.7. The van der Waals surface area contributed by atoms with Crippen molar-refractivity contribution in [2.24, 2.45) is 22.7 Å². The van der Waals surface area contributed by atoms with Crippen LogP contribution in [0.5, 0.6) is 17.2 Å². The molecule has 7 N–H and O–H groups in total. The highest BCUT2D eigenvalue weighted by Crippen LogP contribution is 2.44. The minimum atomic E-state index is -0.346. The molecule has 0 aliphatic carbocycles. The number of phenolic OH excluding ortho intramolecular Hbond substituents is 3. The van der Waals surface area contributed by atoms with Gasteiger partial charge in [-0.25, -0.2) is 0 Å². The van der Waals surface area contributed by atoms with Crippen LogP contribution in [0, 0.1) is 29.6 Å². The summed E-state index contributed by atoms with van der Waals surface area (Å²) < 4.78 is 0. The van der Waals surface area contributed by atoms with Gasteiger partial charge in [-0.2, -0.15) is 0 Å². The molecule has 0 aromatic heterocycles. The van der Waals surface area contributed by atoms with Crippen molar-refractivity contribution in [2.75, 3.05) is 21.3 Å². The van der Waals surface area contributed by atoms with E-state index in [9.17, 15) is 15.3 Å². The van der Waals surface area contributed by atoms with Gasteiger partial charge in [-0.3, -0.25) is 0 Å². The minimum Gasteiger partial charge on any atom is -0.507 e. The van der Waals surface area contributed by atoms with Crippen LogP contribution in [0.4, 0.5) is 45.5 Å². The topological polar surface area (TPSA) is 109 Å². The first kappa shape index (κ1) is 77.0. The van der Waals surface area contributed by atoms with Crippen LogP contribution in [0.3, 0.4) is 0 Å². The van der Waals surface area contributed by atoms with Crippen molar-refractivity contribution < 1.29 is 15.3 Å². The van der Waals surface area contributed by atoms with Gasteiger partial charge in [-0.15, -0.1) is 0 Å². The molecule has 10 aromatic rings. The largest absolute Gasteiger partial charge is 0.507 e. The van der Waals surface area contributed by atoms with Crippen LogP contribution in [-0.2, 0) is 67.6 Å². The van der Waals surface area contributed by atoms with Crippen molar-refractivity contribution in [2.45, 2.75) is 205 Å². The van der Waals surface area contributed by atoms with Gasteiger partial charge in [0, 0.05) is 51.1 Å². The Morgan fingerprint density at radius 2 is 0.539 bits per heavy atom. The summed E-state index contributed by atoms with van der Waals surface area (Å²) in [7, 11) is 0. The fraction of sp³-hybridized carbons (Fsp3) is 0.368. The van der Waals surface area contributed by atoms with Gasteiger partial charge in [0.25, 0.3) is 0 Å². The number of aromatic hydroxyl groups is 3. The van der Waals surface area contributed by atoms with Crippen LogP contribution >= 0.6 is 0 Å². The lowest BCUT2D eigenvalue weighted by atomic mass is 9.78. The van der Waals surface area contributed by atoms with E-state index in [0.29, 0.717) is 40.4 Å². The zero-order chi connectivity index (χ0) is 73.7. The lowest BCUT2D eigenvalue weighted by molar-refractivity contribution is 0.306. The number of anilines is 8. The van der Waals surface area contributed by atoms with E-state index in [4.69, 9.17) is 0 Å². The fourth-order valence-corrected chi connectivity index (χ4v) is 14.3. The highest BCUT2D eigenvalue weighted by Gasteiger charge is 2.28. The average Bonchev–Trinajstić information content (AvgIpc) is 0.788. The van der Waals surface area contributed by atoms with Crippen LogP contribution in [-0.4, -0.2) is 15.3 Å². The van der Waals surface area contributed by atoms with Crippen molar-refractivity contribution >= 4 is 45.5 Å². The second-order valence-corrected chi connectivity index (χ2v) is 34.8. The minimum absolute atomic E-state index is 0.119. The first-order valence-corrected chi connectivity index (χ1v) is 37.3. The van der Waals surface area contributed by atoms with E-state index in [0.717, 1.165) is 113 Å². The van der Waals surface area contributed by atoms with Crippen LogP contribution in [0.2, 0.25) is 0 Å². The summed E-state index contributed by atoms with van der Waals surface area (Å²) >= 11 is 0. The van der Waals surface area contributed by atoms with E-state index >= 15 is 0 Å². The first-order valence-electron chi connectivity index (χ1n) is 37.3. The monoisotopic (exact) mass is 1360 g/mol. The highest BCUT2D eigenvalue weighted by molar-refractivity contribution is 5.68. The zero-order valence-corrected chi connectivity index (χ0v) is 64.8. The smallest absolute Gasteiger partial charge is 0.126 e. The molecule has 536 valence electrons. The Morgan fingerprint density at radius 3 is 0.824 bits per heavy atom. The molecule has 10 rings (SSSR count). The Bertz CT molecular complexity index is 4250. The van der Waals surface area contributed by atoms with Crippen LogP contribution in [0.15, 0.2) is 212 Å². The molecule has 7 nitrogen and oxygen atoms in total. The number of nitrogens with one attached hydrogen (secondary N) is 4. The summed E-state index contributed by atoms with van der Waals surface area (Å²) in [5.41, 5.74) is 24.9. The third-order valence-corrected chi connectivity index (χ3v) is 19.2. The Balaban J connectivity index is 0.000000237. The Labute approximate surface area is 613 Å². The van der Waals surface area contributed by atoms with Crippen LogP contribution in [0.25, 0.3) is 0 Å². The number of rotatable bonds is 24. The van der Waals surface area contributed by atoms with E-state index in [1.54, 1.807) is 0 Å². The molecule has 0 heterocycles. The third kappa shape index (κ3) is 23.4. The number of phenols is 3. The summed E-state index contributed by atoms with van der Waals surface area (Å²) in [5.74, 6) is 2.22. The molecular formula is C95H118N4O3. The molecule has 0 aliphatic heterocycles. The predicted molar refractivity (Wildman–Crippen MR) is 438 cm³/mol. The van der Waals surface area contributed by atoms with E-state index in [-0.39, 0.29) is 27.7 Å². The molecular weight excluding hydrogens is 1250 g/mol. The van der Waals surface area contributed by atoms with Gasteiger partial charge in [-0.05, 0) is 285 Å². The third-order valence-electron chi connectivity index (χ3n) is 19.2. The van der Waals surface area contributed by atoms with Crippen LogP contribution < -0.4 is 21.3 Å². The van der Waals surface area contributed by atoms with Crippen molar-refractivity contribution in [3.63, 3.8) is 0 Å². The molecule has 0 bridgehead atoms. The van der Waals surface area contributed by atoms with Crippen molar-refractivity contribution in [1.29, 1.82) is 0 Å². The Kier molecular flexibility index (Phi) is 25.1. The van der Waals surface area contributed by atoms with E-state index in [2.05, 4.69) is 324 Å². The normalized spacial score (nSPS) is 12.6. The SMILES string of the molecule is CC(Cc1ccc(Cc2ccc(Nc3ccc(Nc4ccc(CCc5cc(C(C)(C)C)c(O)c(C(C)(C)C)c5)cc4)cc3)cc2)cc1)CC(C)(C)C.Cc1cc(CCc2ccc(Nc3ccc(Nc4ccc(Cc5ccc(CC(C)CC(C)(C)C)cc5)cc4)cc3)cc2)c(O)c(C(C)(C)C)c1O. The molecule has 10 aromatic carbocycles. The van der Waals surface area contributed by atoms with Gasteiger partial charge in [0.1, 0.15) is 17.2 Å². The van der Waals surface area contributed by atoms with Gasteiger partial charge in [-0.1, -0.05) is 227 Å². The second kappa shape index (κ2) is 33.3.